The molecule has 2 nitrogen and oxygen atoms in total. The van der Waals surface area contributed by atoms with Gasteiger partial charge < -0.3 is 10.1 Å². The summed E-state index contributed by atoms with van der Waals surface area (Å²) in [6, 6.07) is 17.5. The quantitative estimate of drug-likeness (QED) is 0.631. The van der Waals surface area contributed by atoms with Crippen LogP contribution in [-0.4, -0.2) is 10.1 Å². The van der Waals surface area contributed by atoms with E-state index in [1.165, 1.54) is 5.39 Å². The normalized spacial score (nSPS) is 10.8. The largest absolute Gasteiger partial charge is 0.508 e. The zero-order valence-corrected chi connectivity index (χ0v) is 8.64. The van der Waals surface area contributed by atoms with Gasteiger partial charge in [-0.2, -0.15) is 0 Å². The zero-order chi connectivity index (χ0) is 11.0. The number of fused-ring (bicyclic) bond motifs is 1. The van der Waals surface area contributed by atoms with Crippen molar-refractivity contribution in [3.63, 3.8) is 0 Å². The van der Waals surface area contributed by atoms with Crippen molar-refractivity contribution in [2.75, 3.05) is 0 Å². The lowest BCUT2D eigenvalue weighted by Gasteiger charge is -1.97. The van der Waals surface area contributed by atoms with Gasteiger partial charge in [-0.15, -0.1) is 0 Å². The molecule has 2 aromatic carbocycles. The summed E-state index contributed by atoms with van der Waals surface area (Å²) in [6.07, 6.45) is 0. The first-order valence-corrected chi connectivity index (χ1v) is 5.20. The van der Waals surface area contributed by atoms with Gasteiger partial charge >= 0.3 is 0 Å². The van der Waals surface area contributed by atoms with Crippen molar-refractivity contribution in [2.45, 2.75) is 0 Å². The van der Waals surface area contributed by atoms with Crippen LogP contribution in [0.15, 0.2) is 54.6 Å². The Morgan fingerprint density at radius 3 is 2.38 bits per heavy atom. The molecule has 78 valence electrons. The van der Waals surface area contributed by atoms with Crippen LogP contribution >= 0.6 is 0 Å². The lowest BCUT2D eigenvalue weighted by molar-refractivity contribution is 0.475. The Kier molecular flexibility index (Phi) is 1.93. The lowest BCUT2D eigenvalue weighted by Crippen LogP contribution is -1.75. The number of para-hydroxylation sites is 1. The molecule has 2 N–H and O–H groups in total. The Bertz CT molecular complexity index is 590. The molecule has 0 atom stereocenters. The molecule has 16 heavy (non-hydrogen) atoms. The molecule has 0 amide bonds. The first kappa shape index (κ1) is 9.04. The van der Waals surface area contributed by atoms with Gasteiger partial charge in [0.25, 0.3) is 0 Å². The van der Waals surface area contributed by atoms with Crippen molar-refractivity contribution >= 4 is 10.9 Å². The van der Waals surface area contributed by atoms with Crippen molar-refractivity contribution in [1.82, 2.24) is 4.98 Å². The van der Waals surface area contributed by atoms with Crippen LogP contribution in [0.1, 0.15) is 0 Å². The molecule has 0 aliphatic heterocycles. The Hall–Kier alpha value is -2.22. The maximum absolute atomic E-state index is 9.23. The number of aromatic nitrogens is 1. The highest BCUT2D eigenvalue weighted by Crippen LogP contribution is 2.25. The number of phenols is 1. The van der Waals surface area contributed by atoms with E-state index in [-0.39, 0.29) is 0 Å². The number of aromatic amines is 1. The third-order valence-corrected chi connectivity index (χ3v) is 2.71. The van der Waals surface area contributed by atoms with E-state index >= 15 is 0 Å². The lowest BCUT2D eigenvalue weighted by atomic mass is 10.1. The SMILES string of the molecule is Oc1ccc(-c2cc3ccccc3[nH]2)cc1. The fourth-order valence-electron chi connectivity index (χ4n) is 1.87. The predicted octanol–water partition coefficient (Wildman–Crippen LogP) is 3.54. The molecule has 0 aliphatic rings. The van der Waals surface area contributed by atoms with Crippen LogP contribution in [0.2, 0.25) is 0 Å². The summed E-state index contributed by atoms with van der Waals surface area (Å²) in [5.41, 5.74) is 3.28. The van der Waals surface area contributed by atoms with Gasteiger partial charge in [0.2, 0.25) is 0 Å². The van der Waals surface area contributed by atoms with Crippen molar-refractivity contribution < 1.29 is 5.11 Å². The zero-order valence-electron chi connectivity index (χ0n) is 8.64. The second kappa shape index (κ2) is 3.42. The Morgan fingerprint density at radius 1 is 0.875 bits per heavy atom. The van der Waals surface area contributed by atoms with Crippen LogP contribution < -0.4 is 0 Å². The van der Waals surface area contributed by atoms with Crippen LogP contribution in [-0.2, 0) is 0 Å². The summed E-state index contributed by atoms with van der Waals surface area (Å²) in [7, 11) is 0. The number of phenolic OH excluding ortho intramolecular Hbond substituents is 1. The van der Waals surface area contributed by atoms with Gasteiger partial charge in [-0.05, 0) is 42.0 Å². The molecule has 0 bridgehead atoms. The summed E-state index contributed by atoms with van der Waals surface area (Å²) in [6.45, 7) is 0. The van der Waals surface area contributed by atoms with Crippen molar-refractivity contribution in [3.05, 3.63) is 54.6 Å². The minimum atomic E-state index is 0.292. The molecule has 0 radical (unpaired) electrons. The number of rotatable bonds is 1. The van der Waals surface area contributed by atoms with Crippen molar-refractivity contribution in [3.8, 4) is 17.0 Å². The number of benzene rings is 2. The fraction of sp³-hybridized carbons (Fsp3) is 0. The summed E-state index contributed by atoms with van der Waals surface area (Å²) >= 11 is 0. The highest BCUT2D eigenvalue weighted by atomic mass is 16.3. The van der Waals surface area contributed by atoms with Crippen molar-refractivity contribution in [2.24, 2.45) is 0 Å². The molecule has 0 fully saturated rings. The second-order valence-corrected chi connectivity index (χ2v) is 3.82. The Morgan fingerprint density at radius 2 is 1.62 bits per heavy atom. The van der Waals surface area contributed by atoms with E-state index in [1.807, 2.05) is 24.3 Å². The molecule has 0 spiro atoms. The molecule has 0 saturated carbocycles. The van der Waals surface area contributed by atoms with Crippen LogP contribution in [0.25, 0.3) is 22.2 Å². The maximum atomic E-state index is 9.23. The Balaban J connectivity index is 2.15. The molecule has 1 aromatic heterocycles. The van der Waals surface area contributed by atoms with Gasteiger partial charge in [0.05, 0.1) is 0 Å². The van der Waals surface area contributed by atoms with Gasteiger partial charge in [0.1, 0.15) is 5.75 Å². The third-order valence-electron chi connectivity index (χ3n) is 2.71. The number of hydrogen-bond acceptors (Lipinski definition) is 1. The summed E-state index contributed by atoms with van der Waals surface area (Å²) in [4.78, 5) is 3.35. The molecule has 3 aromatic rings. The minimum Gasteiger partial charge on any atom is -0.508 e. The number of hydrogen-bond donors (Lipinski definition) is 2. The molecule has 0 aliphatic carbocycles. The summed E-state index contributed by atoms with van der Waals surface area (Å²) in [5.74, 6) is 0.292. The third kappa shape index (κ3) is 1.44. The molecular formula is C14H11NO. The smallest absolute Gasteiger partial charge is 0.115 e. The highest BCUT2D eigenvalue weighted by Gasteiger charge is 2.02. The first-order chi connectivity index (χ1) is 7.83. The van der Waals surface area contributed by atoms with E-state index in [1.54, 1.807) is 12.1 Å². The Labute approximate surface area is 93.2 Å². The predicted molar refractivity (Wildman–Crippen MR) is 65.4 cm³/mol. The second-order valence-electron chi connectivity index (χ2n) is 3.82. The molecule has 0 saturated heterocycles. The summed E-state index contributed by atoms with van der Waals surface area (Å²) < 4.78 is 0. The number of H-pyrrole nitrogens is 1. The standard InChI is InChI=1S/C14H11NO/c16-12-7-5-10(6-8-12)14-9-11-3-1-2-4-13(11)15-14/h1-9,15-16H. The van der Waals surface area contributed by atoms with E-state index in [0.29, 0.717) is 5.75 Å². The van der Waals surface area contributed by atoms with E-state index in [9.17, 15) is 5.11 Å². The minimum absolute atomic E-state index is 0.292. The van der Waals surface area contributed by atoms with E-state index in [2.05, 4.69) is 23.2 Å². The topological polar surface area (TPSA) is 36.0 Å². The monoisotopic (exact) mass is 209 g/mol. The van der Waals surface area contributed by atoms with E-state index < -0.39 is 0 Å². The number of nitrogens with one attached hydrogen (secondary N) is 1. The fourth-order valence-corrected chi connectivity index (χ4v) is 1.87. The average molecular weight is 209 g/mol. The molecular weight excluding hydrogens is 198 g/mol. The number of aromatic hydroxyl groups is 1. The molecule has 0 unspecified atom stereocenters. The van der Waals surface area contributed by atoms with E-state index in [4.69, 9.17) is 0 Å². The van der Waals surface area contributed by atoms with E-state index in [0.717, 1.165) is 16.8 Å². The summed E-state index contributed by atoms with van der Waals surface area (Å²) in [5, 5.41) is 10.4. The average Bonchev–Trinajstić information content (AvgIpc) is 2.73. The van der Waals surface area contributed by atoms with Gasteiger partial charge in [-0.1, -0.05) is 18.2 Å². The van der Waals surface area contributed by atoms with Crippen LogP contribution in [0.5, 0.6) is 5.75 Å². The van der Waals surface area contributed by atoms with Crippen LogP contribution in [0, 0.1) is 0 Å². The molecule has 1 heterocycles. The van der Waals surface area contributed by atoms with Gasteiger partial charge in [0, 0.05) is 16.6 Å². The maximum Gasteiger partial charge on any atom is 0.115 e. The van der Waals surface area contributed by atoms with Gasteiger partial charge in [-0.25, -0.2) is 0 Å². The first-order valence-electron chi connectivity index (χ1n) is 5.20. The van der Waals surface area contributed by atoms with Crippen LogP contribution in [0.3, 0.4) is 0 Å². The van der Waals surface area contributed by atoms with Crippen molar-refractivity contribution in [1.29, 1.82) is 0 Å². The van der Waals surface area contributed by atoms with Gasteiger partial charge in [0.15, 0.2) is 0 Å². The molecule has 3 rings (SSSR count). The van der Waals surface area contributed by atoms with Gasteiger partial charge in [-0.3, -0.25) is 0 Å². The molecule has 2 heteroatoms. The highest BCUT2D eigenvalue weighted by molar-refractivity contribution is 5.85. The van der Waals surface area contributed by atoms with Crippen LogP contribution in [0.4, 0.5) is 0 Å².